The Hall–Kier alpha value is -3.27. The SMILES string of the molecule is CCCCNC(=O)C(C)N(Cc1ccccc1C)C(=O)CN(c1ccc(OC)cc1OC)S(C)(=O)=O. The highest BCUT2D eigenvalue weighted by Crippen LogP contribution is 2.33. The molecule has 0 saturated heterocycles. The van der Waals surface area contributed by atoms with Gasteiger partial charge in [-0.1, -0.05) is 37.6 Å². The Morgan fingerprint density at radius 3 is 2.36 bits per heavy atom. The lowest BCUT2D eigenvalue weighted by atomic mass is 10.1. The molecule has 1 atom stereocenters. The first kappa shape index (κ1) is 29.0. The van der Waals surface area contributed by atoms with Gasteiger partial charge in [0.15, 0.2) is 0 Å². The van der Waals surface area contributed by atoms with Crippen LogP contribution in [0.4, 0.5) is 5.69 Å². The zero-order valence-corrected chi connectivity index (χ0v) is 22.7. The van der Waals surface area contributed by atoms with Gasteiger partial charge in [0.2, 0.25) is 21.8 Å². The average molecular weight is 520 g/mol. The van der Waals surface area contributed by atoms with Crippen molar-refractivity contribution in [3.8, 4) is 11.5 Å². The van der Waals surface area contributed by atoms with Crippen molar-refractivity contribution in [1.29, 1.82) is 0 Å². The maximum absolute atomic E-state index is 13.7. The van der Waals surface area contributed by atoms with Crippen molar-refractivity contribution in [2.45, 2.75) is 46.2 Å². The van der Waals surface area contributed by atoms with Crippen LogP contribution in [0.5, 0.6) is 11.5 Å². The van der Waals surface area contributed by atoms with Crippen LogP contribution < -0.4 is 19.1 Å². The number of amides is 2. The lowest BCUT2D eigenvalue weighted by molar-refractivity contribution is -0.139. The fourth-order valence-electron chi connectivity index (χ4n) is 3.68. The Balaban J connectivity index is 2.44. The number of hydrogen-bond donors (Lipinski definition) is 1. The molecule has 10 heteroatoms. The number of carbonyl (C=O) groups excluding carboxylic acids is 2. The number of rotatable bonds is 13. The van der Waals surface area contributed by atoms with Gasteiger partial charge in [0.25, 0.3) is 0 Å². The Bertz CT molecular complexity index is 1150. The monoisotopic (exact) mass is 519 g/mol. The Kier molecular flexibility index (Phi) is 10.6. The van der Waals surface area contributed by atoms with E-state index in [0.29, 0.717) is 12.3 Å². The predicted molar refractivity (Wildman–Crippen MR) is 141 cm³/mol. The zero-order valence-electron chi connectivity index (χ0n) is 21.9. The molecular weight excluding hydrogens is 482 g/mol. The first-order chi connectivity index (χ1) is 17.0. The van der Waals surface area contributed by atoms with Gasteiger partial charge >= 0.3 is 0 Å². The minimum Gasteiger partial charge on any atom is -0.497 e. The van der Waals surface area contributed by atoms with Crippen molar-refractivity contribution in [2.24, 2.45) is 0 Å². The number of benzene rings is 2. The molecule has 0 aliphatic heterocycles. The van der Waals surface area contributed by atoms with Crippen molar-refractivity contribution in [2.75, 3.05) is 37.9 Å². The number of hydrogen-bond acceptors (Lipinski definition) is 6. The summed E-state index contributed by atoms with van der Waals surface area (Å²) in [6.07, 6.45) is 2.77. The summed E-state index contributed by atoms with van der Waals surface area (Å²) in [6, 6.07) is 11.4. The van der Waals surface area contributed by atoms with Crippen LogP contribution in [0.3, 0.4) is 0 Å². The average Bonchev–Trinajstić information content (AvgIpc) is 2.85. The van der Waals surface area contributed by atoms with Crippen LogP contribution in [-0.4, -0.2) is 64.7 Å². The molecule has 2 amide bonds. The third-order valence-corrected chi connectivity index (χ3v) is 7.06. The Morgan fingerprint density at radius 2 is 1.78 bits per heavy atom. The fraction of sp³-hybridized carbons (Fsp3) is 0.462. The van der Waals surface area contributed by atoms with Gasteiger partial charge in [-0.15, -0.1) is 0 Å². The van der Waals surface area contributed by atoms with Crippen LogP contribution in [0, 0.1) is 6.92 Å². The third kappa shape index (κ3) is 7.61. The van der Waals surface area contributed by atoms with E-state index in [9.17, 15) is 18.0 Å². The largest absolute Gasteiger partial charge is 0.497 e. The molecule has 1 unspecified atom stereocenters. The summed E-state index contributed by atoms with van der Waals surface area (Å²) in [5.41, 5.74) is 2.03. The molecule has 2 aromatic carbocycles. The molecule has 0 spiro atoms. The molecule has 0 bridgehead atoms. The van der Waals surface area contributed by atoms with Crippen LogP contribution in [0.25, 0.3) is 0 Å². The molecule has 0 aliphatic carbocycles. The van der Waals surface area contributed by atoms with Gasteiger partial charge in [0, 0.05) is 19.2 Å². The van der Waals surface area contributed by atoms with Crippen molar-refractivity contribution in [1.82, 2.24) is 10.2 Å². The van der Waals surface area contributed by atoms with E-state index in [-0.39, 0.29) is 23.9 Å². The smallest absolute Gasteiger partial charge is 0.244 e. The van der Waals surface area contributed by atoms with Gasteiger partial charge < -0.3 is 19.7 Å². The second-order valence-corrected chi connectivity index (χ2v) is 10.5. The quantitative estimate of drug-likeness (QED) is 0.408. The van der Waals surface area contributed by atoms with E-state index in [1.807, 2.05) is 38.1 Å². The van der Waals surface area contributed by atoms with E-state index < -0.39 is 28.5 Å². The third-order valence-electron chi connectivity index (χ3n) is 5.93. The Labute approximate surface area is 214 Å². The number of carbonyl (C=O) groups is 2. The van der Waals surface area contributed by atoms with Crippen LogP contribution >= 0.6 is 0 Å². The number of anilines is 1. The highest BCUT2D eigenvalue weighted by atomic mass is 32.2. The molecule has 0 fully saturated rings. The molecule has 198 valence electrons. The predicted octanol–water partition coefficient (Wildman–Crippen LogP) is 3.11. The number of unbranched alkanes of at least 4 members (excludes halogenated alkanes) is 1. The summed E-state index contributed by atoms with van der Waals surface area (Å²) in [5.74, 6) is -0.0877. The number of ether oxygens (including phenoxy) is 2. The summed E-state index contributed by atoms with van der Waals surface area (Å²) in [7, 11) is -0.980. The van der Waals surface area contributed by atoms with Gasteiger partial charge in [-0.3, -0.25) is 13.9 Å². The molecule has 1 N–H and O–H groups in total. The zero-order chi connectivity index (χ0) is 26.9. The van der Waals surface area contributed by atoms with E-state index in [1.54, 1.807) is 19.1 Å². The molecule has 0 aliphatic rings. The lowest BCUT2D eigenvalue weighted by Gasteiger charge is -2.32. The van der Waals surface area contributed by atoms with Crippen LogP contribution in [-0.2, 0) is 26.2 Å². The molecule has 36 heavy (non-hydrogen) atoms. The highest BCUT2D eigenvalue weighted by molar-refractivity contribution is 7.92. The van der Waals surface area contributed by atoms with Crippen molar-refractivity contribution in [3.05, 3.63) is 53.6 Å². The molecular formula is C26H37N3O6S. The van der Waals surface area contributed by atoms with E-state index in [2.05, 4.69) is 5.32 Å². The number of aryl methyl sites for hydroxylation is 1. The first-order valence-electron chi connectivity index (χ1n) is 11.8. The summed E-state index contributed by atoms with van der Waals surface area (Å²) in [6.45, 7) is 5.76. The second-order valence-electron chi connectivity index (χ2n) is 8.58. The first-order valence-corrected chi connectivity index (χ1v) is 13.7. The molecule has 2 rings (SSSR count). The van der Waals surface area contributed by atoms with Gasteiger partial charge in [-0.05, 0) is 43.5 Å². The molecule has 0 aromatic heterocycles. The van der Waals surface area contributed by atoms with Crippen LogP contribution in [0.2, 0.25) is 0 Å². The van der Waals surface area contributed by atoms with Crippen molar-refractivity contribution in [3.63, 3.8) is 0 Å². The summed E-state index contributed by atoms with van der Waals surface area (Å²) in [5, 5.41) is 2.87. The minimum atomic E-state index is -3.88. The molecule has 0 heterocycles. The normalized spacial score (nSPS) is 11.9. The Morgan fingerprint density at radius 1 is 1.08 bits per heavy atom. The minimum absolute atomic E-state index is 0.158. The van der Waals surface area contributed by atoms with Gasteiger partial charge in [-0.25, -0.2) is 8.42 Å². The fourth-order valence-corrected chi connectivity index (χ4v) is 4.53. The molecule has 0 saturated carbocycles. The van der Waals surface area contributed by atoms with E-state index in [4.69, 9.17) is 9.47 Å². The maximum atomic E-state index is 13.7. The number of sulfonamides is 1. The standard InChI is InChI=1S/C26H37N3O6S/c1-7-8-15-27-26(31)20(3)28(17-21-12-10-9-11-19(21)2)25(30)18-29(36(6,32)33)23-14-13-22(34-4)16-24(23)35-5/h9-14,16,20H,7-8,15,17-18H2,1-6H3,(H,27,31). The highest BCUT2D eigenvalue weighted by Gasteiger charge is 2.31. The molecule has 0 radical (unpaired) electrons. The number of nitrogens with zero attached hydrogens (tertiary/aromatic N) is 2. The summed E-state index contributed by atoms with van der Waals surface area (Å²) < 4.78 is 37.2. The van der Waals surface area contributed by atoms with Crippen LogP contribution in [0.1, 0.15) is 37.8 Å². The molecule has 2 aromatic rings. The van der Waals surface area contributed by atoms with Crippen molar-refractivity contribution >= 4 is 27.5 Å². The van der Waals surface area contributed by atoms with E-state index >= 15 is 0 Å². The van der Waals surface area contributed by atoms with E-state index in [0.717, 1.165) is 34.5 Å². The van der Waals surface area contributed by atoms with Crippen LogP contribution in [0.15, 0.2) is 42.5 Å². The van der Waals surface area contributed by atoms with Gasteiger partial charge in [0.1, 0.15) is 24.1 Å². The van der Waals surface area contributed by atoms with E-state index in [1.165, 1.54) is 25.2 Å². The summed E-state index contributed by atoms with van der Waals surface area (Å²) in [4.78, 5) is 28.0. The van der Waals surface area contributed by atoms with Crippen molar-refractivity contribution < 1.29 is 27.5 Å². The summed E-state index contributed by atoms with van der Waals surface area (Å²) >= 11 is 0. The second kappa shape index (κ2) is 13.2. The van der Waals surface area contributed by atoms with Gasteiger partial charge in [0.05, 0.1) is 26.2 Å². The maximum Gasteiger partial charge on any atom is 0.244 e. The molecule has 9 nitrogen and oxygen atoms in total. The lowest BCUT2D eigenvalue weighted by Crippen LogP contribution is -2.51. The number of methoxy groups -OCH3 is 2. The topological polar surface area (TPSA) is 105 Å². The number of nitrogens with one attached hydrogen (secondary N) is 1. The van der Waals surface area contributed by atoms with Gasteiger partial charge in [-0.2, -0.15) is 0 Å².